The van der Waals surface area contributed by atoms with Crippen molar-refractivity contribution in [3.63, 3.8) is 0 Å². The molecule has 0 saturated carbocycles. The number of hydrogen-bond donors (Lipinski definition) is 2. The fraction of sp³-hybridized carbons (Fsp3) is 0.150. The van der Waals surface area contributed by atoms with Crippen LogP contribution in [0.1, 0.15) is 16.1 Å². The van der Waals surface area contributed by atoms with Crippen molar-refractivity contribution in [2.45, 2.75) is 10.6 Å². The van der Waals surface area contributed by atoms with Gasteiger partial charge in [-0.05, 0) is 42.5 Å². The van der Waals surface area contributed by atoms with Crippen LogP contribution in [0.25, 0.3) is 0 Å². The number of anilines is 1. The molecule has 1 heterocycles. The molecule has 1 aromatic heterocycles. The van der Waals surface area contributed by atoms with Crippen LogP contribution in [0, 0.1) is 0 Å². The first-order valence-corrected chi connectivity index (χ1v) is 11.7. The average molecular weight is 451 g/mol. The molecule has 0 atom stereocenters. The lowest BCUT2D eigenvalue weighted by molar-refractivity contribution is 0.0956. The fourth-order valence-electron chi connectivity index (χ4n) is 2.46. The van der Waals surface area contributed by atoms with Crippen molar-refractivity contribution in [2.75, 3.05) is 17.0 Å². The quantitative estimate of drug-likeness (QED) is 0.472. The van der Waals surface area contributed by atoms with Gasteiger partial charge < -0.3 is 9.73 Å². The molecule has 9 heteroatoms. The fourth-order valence-corrected chi connectivity index (χ4v) is 4.58. The van der Waals surface area contributed by atoms with Crippen LogP contribution in [0.15, 0.2) is 76.2 Å². The van der Waals surface area contributed by atoms with Crippen LogP contribution in [0.3, 0.4) is 0 Å². The van der Waals surface area contributed by atoms with Crippen LogP contribution >= 0.6 is 23.4 Å². The third kappa shape index (κ3) is 6.03. The SMILES string of the molecule is O=C(NCCSCc1ccco1)c1cccc(S(=O)(=O)Nc2ccccc2Cl)c1. The highest BCUT2D eigenvalue weighted by atomic mass is 35.5. The lowest BCUT2D eigenvalue weighted by Gasteiger charge is -2.11. The van der Waals surface area contributed by atoms with Crippen molar-refractivity contribution in [1.82, 2.24) is 5.32 Å². The van der Waals surface area contributed by atoms with E-state index >= 15 is 0 Å². The van der Waals surface area contributed by atoms with Gasteiger partial charge in [0.25, 0.3) is 15.9 Å². The van der Waals surface area contributed by atoms with Gasteiger partial charge in [0.2, 0.25) is 0 Å². The van der Waals surface area contributed by atoms with Crippen molar-refractivity contribution in [3.8, 4) is 0 Å². The van der Waals surface area contributed by atoms with Gasteiger partial charge >= 0.3 is 0 Å². The number of sulfonamides is 1. The van der Waals surface area contributed by atoms with E-state index in [1.807, 2.05) is 12.1 Å². The second kappa shape index (κ2) is 9.87. The second-order valence-electron chi connectivity index (χ2n) is 6.00. The van der Waals surface area contributed by atoms with Gasteiger partial charge in [0, 0.05) is 17.9 Å². The van der Waals surface area contributed by atoms with E-state index in [0.29, 0.717) is 12.3 Å². The molecule has 1 amide bonds. The molecule has 0 spiro atoms. The maximum absolute atomic E-state index is 12.6. The van der Waals surface area contributed by atoms with E-state index in [1.54, 1.807) is 48.4 Å². The smallest absolute Gasteiger partial charge is 0.261 e. The predicted molar refractivity (Wildman–Crippen MR) is 116 cm³/mol. The Morgan fingerprint density at radius 2 is 1.90 bits per heavy atom. The van der Waals surface area contributed by atoms with Crippen molar-refractivity contribution < 1.29 is 17.6 Å². The van der Waals surface area contributed by atoms with Crippen LogP contribution in [-0.2, 0) is 15.8 Å². The van der Waals surface area contributed by atoms with Crippen molar-refractivity contribution in [1.29, 1.82) is 0 Å². The number of thioether (sulfide) groups is 1. The molecule has 2 aromatic carbocycles. The molecule has 0 aliphatic carbocycles. The Morgan fingerprint density at radius 3 is 2.66 bits per heavy atom. The molecule has 3 rings (SSSR count). The van der Waals surface area contributed by atoms with Gasteiger partial charge in [0.15, 0.2) is 0 Å². The van der Waals surface area contributed by atoms with E-state index < -0.39 is 10.0 Å². The first kappa shape index (κ1) is 21.3. The van der Waals surface area contributed by atoms with Crippen LogP contribution < -0.4 is 10.0 Å². The van der Waals surface area contributed by atoms with E-state index in [2.05, 4.69) is 10.0 Å². The summed E-state index contributed by atoms with van der Waals surface area (Å²) < 4.78 is 32.9. The van der Waals surface area contributed by atoms with Crippen LogP contribution in [0.4, 0.5) is 5.69 Å². The number of halogens is 1. The maximum Gasteiger partial charge on any atom is 0.261 e. The van der Waals surface area contributed by atoms with Gasteiger partial charge in [0.05, 0.1) is 27.6 Å². The molecule has 0 unspecified atom stereocenters. The van der Waals surface area contributed by atoms with E-state index in [-0.39, 0.29) is 27.1 Å². The number of amides is 1. The Morgan fingerprint density at radius 1 is 1.07 bits per heavy atom. The minimum atomic E-state index is -3.88. The van der Waals surface area contributed by atoms with E-state index in [4.69, 9.17) is 16.0 Å². The summed E-state index contributed by atoms with van der Waals surface area (Å²) in [5.74, 6) is 1.98. The lowest BCUT2D eigenvalue weighted by atomic mass is 10.2. The van der Waals surface area contributed by atoms with Gasteiger partial charge in [-0.25, -0.2) is 8.42 Å². The summed E-state index contributed by atoms with van der Waals surface area (Å²) in [7, 11) is -3.88. The van der Waals surface area contributed by atoms with Crippen LogP contribution in [-0.4, -0.2) is 26.6 Å². The van der Waals surface area contributed by atoms with Crippen LogP contribution in [0.2, 0.25) is 5.02 Å². The average Bonchev–Trinajstić information content (AvgIpc) is 3.23. The molecular formula is C20H19ClN2O4S2. The molecule has 2 N–H and O–H groups in total. The molecule has 0 radical (unpaired) electrons. The van der Waals surface area contributed by atoms with Crippen LogP contribution in [0.5, 0.6) is 0 Å². The Bertz CT molecular complexity index is 1070. The zero-order valence-corrected chi connectivity index (χ0v) is 17.7. The monoisotopic (exact) mass is 450 g/mol. The molecule has 0 bridgehead atoms. The summed E-state index contributed by atoms with van der Waals surface area (Å²) in [6.07, 6.45) is 1.62. The number of rotatable bonds is 9. The third-order valence-corrected chi connectivity index (χ3v) is 6.56. The number of nitrogens with one attached hydrogen (secondary N) is 2. The maximum atomic E-state index is 12.6. The number of carbonyl (C=O) groups is 1. The largest absolute Gasteiger partial charge is 0.468 e. The standard InChI is InChI=1S/C20H19ClN2O4S2/c21-18-8-1-2-9-19(18)23-29(25,26)17-7-3-5-15(13-17)20(24)22-10-12-28-14-16-6-4-11-27-16/h1-9,11,13,23H,10,12,14H2,(H,22,24). The Kier molecular flexibility index (Phi) is 7.24. The first-order chi connectivity index (χ1) is 14.0. The molecule has 0 fully saturated rings. The minimum Gasteiger partial charge on any atom is -0.468 e. The molecule has 0 aliphatic heterocycles. The van der Waals surface area contributed by atoms with Crippen molar-refractivity contribution >= 4 is 45.0 Å². The van der Waals surface area contributed by atoms with E-state index in [9.17, 15) is 13.2 Å². The summed E-state index contributed by atoms with van der Waals surface area (Å²) in [5.41, 5.74) is 0.542. The van der Waals surface area contributed by atoms with Gasteiger partial charge in [-0.2, -0.15) is 11.8 Å². The number of benzene rings is 2. The molecule has 29 heavy (non-hydrogen) atoms. The molecular weight excluding hydrogens is 432 g/mol. The highest BCUT2D eigenvalue weighted by Gasteiger charge is 2.17. The summed E-state index contributed by atoms with van der Waals surface area (Å²) >= 11 is 7.65. The molecule has 0 aliphatic rings. The predicted octanol–water partition coefficient (Wildman–Crippen LogP) is 4.40. The molecule has 152 valence electrons. The van der Waals surface area contributed by atoms with Gasteiger partial charge in [-0.15, -0.1) is 0 Å². The second-order valence-corrected chi connectivity index (χ2v) is 9.20. The van der Waals surface area contributed by atoms with E-state index in [1.165, 1.54) is 18.2 Å². The number of para-hydroxylation sites is 1. The zero-order valence-electron chi connectivity index (χ0n) is 15.3. The van der Waals surface area contributed by atoms with Gasteiger partial charge in [-0.3, -0.25) is 9.52 Å². The molecule has 3 aromatic rings. The Labute approximate surface area is 178 Å². The Balaban J connectivity index is 1.58. The van der Waals surface area contributed by atoms with Crippen molar-refractivity contribution in [3.05, 3.63) is 83.3 Å². The van der Waals surface area contributed by atoms with Crippen molar-refractivity contribution in [2.24, 2.45) is 0 Å². The number of hydrogen-bond acceptors (Lipinski definition) is 5. The zero-order chi connectivity index (χ0) is 20.7. The summed E-state index contributed by atoms with van der Waals surface area (Å²) in [4.78, 5) is 12.3. The molecule has 6 nitrogen and oxygen atoms in total. The topological polar surface area (TPSA) is 88.4 Å². The summed E-state index contributed by atoms with van der Waals surface area (Å²) in [6.45, 7) is 0.457. The molecule has 0 saturated heterocycles. The minimum absolute atomic E-state index is 0.0164. The van der Waals surface area contributed by atoms with E-state index in [0.717, 1.165) is 11.5 Å². The third-order valence-electron chi connectivity index (χ3n) is 3.88. The summed E-state index contributed by atoms with van der Waals surface area (Å²) in [6, 6.07) is 16.1. The first-order valence-electron chi connectivity index (χ1n) is 8.71. The highest BCUT2D eigenvalue weighted by Crippen LogP contribution is 2.24. The Hall–Kier alpha value is -2.42. The summed E-state index contributed by atoms with van der Waals surface area (Å²) in [5, 5.41) is 3.08. The number of furan rings is 1. The normalized spacial score (nSPS) is 11.2. The highest BCUT2D eigenvalue weighted by molar-refractivity contribution is 7.98. The number of carbonyl (C=O) groups excluding carboxylic acids is 1. The lowest BCUT2D eigenvalue weighted by Crippen LogP contribution is -2.26. The van der Waals surface area contributed by atoms with Gasteiger partial charge in [0.1, 0.15) is 5.76 Å². The van der Waals surface area contributed by atoms with Gasteiger partial charge in [-0.1, -0.05) is 29.8 Å².